The van der Waals surface area contributed by atoms with Crippen molar-refractivity contribution in [2.75, 3.05) is 14.2 Å². The summed E-state index contributed by atoms with van der Waals surface area (Å²) >= 11 is 12.0. The van der Waals surface area contributed by atoms with Crippen molar-refractivity contribution in [3.05, 3.63) is 52.3 Å². The third-order valence-corrected chi connectivity index (χ3v) is 3.89. The highest BCUT2D eigenvalue weighted by atomic mass is 35.5. The second-order valence-electron chi connectivity index (χ2n) is 4.93. The van der Waals surface area contributed by atoms with Gasteiger partial charge in [-0.25, -0.2) is 0 Å². The molecule has 3 rings (SSSR count). The number of ether oxygens (including phenoxy) is 3. The number of hydrogen-bond donors (Lipinski definition) is 0. The van der Waals surface area contributed by atoms with Crippen LogP contribution in [0.15, 0.2) is 40.8 Å². The van der Waals surface area contributed by atoms with Crippen LogP contribution in [0.4, 0.5) is 0 Å². The van der Waals surface area contributed by atoms with Crippen LogP contribution in [-0.4, -0.2) is 24.4 Å². The van der Waals surface area contributed by atoms with Gasteiger partial charge in [0.25, 0.3) is 5.89 Å². The summed E-state index contributed by atoms with van der Waals surface area (Å²) in [4.78, 5) is 0. The maximum absolute atomic E-state index is 6.05. The van der Waals surface area contributed by atoms with Crippen molar-refractivity contribution in [3.63, 3.8) is 0 Å². The van der Waals surface area contributed by atoms with Crippen LogP contribution in [0.5, 0.6) is 17.2 Å². The van der Waals surface area contributed by atoms with E-state index in [9.17, 15) is 0 Å². The first-order valence-electron chi connectivity index (χ1n) is 7.23. The molecule has 1 heterocycles. The van der Waals surface area contributed by atoms with E-state index in [4.69, 9.17) is 41.8 Å². The highest BCUT2D eigenvalue weighted by Crippen LogP contribution is 2.32. The molecule has 0 saturated heterocycles. The first-order chi connectivity index (χ1) is 12.1. The molecule has 3 aromatic rings. The number of nitrogens with zero attached hydrogens (tertiary/aromatic N) is 2. The fourth-order valence-electron chi connectivity index (χ4n) is 2.13. The number of benzene rings is 2. The topological polar surface area (TPSA) is 66.6 Å². The summed E-state index contributed by atoms with van der Waals surface area (Å²) in [6.07, 6.45) is 0. The average molecular weight is 381 g/mol. The van der Waals surface area contributed by atoms with E-state index in [1.165, 1.54) is 0 Å². The Balaban J connectivity index is 1.75. The van der Waals surface area contributed by atoms with E-state index in [2.05, 4.69) is 10.2 Å². The number of aromatic nitrogens is 2. The van der Waals surface area contributed by atoms with Crippen molar-refractivity contribution in [2.45, 2.75) is 6.61 Å². The van der Waals surface area contributed by atoms with Crippen LogP contribution >= 0.6 is 23.2 Å². The largest absolute Gasteiger partial charge is 0.493 e. The molecular weight excluding hydrogens is 367 g/mol. The van der Waals surface area contributed by atoms with Crippen LogP contribution in [0.1, 0.15) is 5.89 Å². The van der Waals surface area contributed by atoms with E-state index in [1.54, 1.807) is 50.6 Å². The van der Waals surface area contributed by atoms with Crippen molar-refractivity contribution in [3.8, 4) is 28.7 Å². The molecule has 6 nitrogen and oxygen atoms in total. The number of methoxy groups -OCH3 is 2. The summed E-state index contributed by atoms with van der Waals surface area (Å²) in [7, 11) is 3.13. The molecule has 130 valence electrons. The Morgan fingerprint density at radius 2 is 1.72 bits per heavy atom. The summed E-state index contributed by atoms with van der Waals surface area (Å²) in [5, 5.41) is 8.96. The SMILES string of the molecule is COc1ccc(-c2nnc(COc3cc(Cl)ccc3Cl)o2)cc1OC. The molecule has 0 unspecified atom stereocenters. The monoisotopic (exact) mass is 380 g/mol. The van der Waals surface area contributed by atoms with Crippen LogP contribution < -0.4 is 14.2 Å². The Labute approximate surface area is 154 Å². The molecule has 25 heavy (non-hydrogen) atoms. The maximum atomic E-state index is 6.05. The van der Waals surface area contributed by atoms with Gasteiger partial charge in [0.15, 0.2) is 18.1 Å². The van der Waals surface area contributed by atoms with E-state index < -0.39 is 0 Å². The van der Waals surface area contributed by atoms with Gasteiger partial charge < -0.3 is 18.6 Å². The van der Waals surface area contributed by atoms with Crippen molar-refractivity contribution in [2.24, 2.45) is 0 Å². The maximum Gasteiger partial charge on any atom is 0.254 e. The second-order valence-corrected chi connectivity index (χ2v) is 5.78. The van der Waals surface area contributed by atoms with Gasteiger partial charge in [-0.05, 0) is 30.3 Å². The van der Waals surface area contributed by atoms with Gasteiger partial charge in [0.05, 0.1) is 19.2 Å². The van der Waals surface area contributed by atoms with Crippen LogP contribution in [-0.2, 0) is 6.61 Å². The predicted molar refractivity (Wildman–Crippen MR) is 93.6 cm³/mol. The average Bonchev–Trinajstić information content (AvgIpc) is 3.11. The lowest BCUT2D eigenvalue weighted by molar-refractivity contribution is 0.264. The molecule has 0 aliphatic carbocycles. The van der Waals surface area contributed by atoms with Gasteiger partial charge in [-0.15, -0.1) is 10.2 Å². The van der Waals surface area contributed by atoms with Gasteiger partial charge in [0.1, 0.15) is 5.75 Å². The summed E-state index contributed by atoms with van der Waals surface area (Å²) in [5.74, 6) is 2.28. The van der Waals surface area contributed by atoms with Crippen LogP contribution in [0.25, 0.3) is 11.5 Å². The minimum absolute atomic E-state index is 0.0698. The van der Waals surface area contributed by atoms with Crippen molar-refractivity contribution in [1.82, 2.24) is 10.2 Å². The molecule has 0 N–H and O–H groups in total. The molecule has 0 aliphatic heterocycles. The smallest absolute Gasteiger partial charge is 0.254 e. The Hall–Kier alpha value is -2.44. The van der Waals surface area contributed by atoms with Gasteiger partial charge in [-0.2, -0.15) is 0 Å². The summed E-state index contributed by atoms with van der Waals surface area (Å²) in [5.41, 5.74) is 0.706. The zero-order chi connectivity index (χ0) is 17.8. The van der Waals surface area contributed by atoms with Gasteiger partial charge in [-0.3, -0.25) is 0 Å². The number of halogens is 2. The lowest BCUT2D eigenvalue weighted by Crippen LogP contribution is -1.96. The summed E-state index contributed by atoms with van der Waals surface area (Å²) in [6, 6.07) is 10.3. The number of rotatable bonds is 6. The lowest BCUT2D eigenvalue weighted by atomic mass is 10.2. The molecule has 0 aliphatic rings. The predicted octanol–water partition coefficient (Wildman–Crippen LogP) is 4.64. The normalized spacial score (nSPS) is 10.6. The molecule has 8 heteroatoms. The molecule has 0 fully saturated rings. The van der Waals surface area contributed by atoms with Crippen LogP contribution in [0, 0.1) is 0 Å². The van der Waals surface area contributed by atoms with Gasteiger partial charge >= 0.3 is 0 Å². The second kappa shape index (κ2) is 7.63. The molecule has 0 bridgehead atoms. The Bertz CT molecular complexity index is 883. The Morgan fingerprint density at radius 3 is 2.48 bits per heavy atom. The summed E-state index contributed by atoms with van der Waals surface area (Å²) in [6.45, 7) is 0.0698. The number of hydrogen-bond acceptors (Lipinski definition) is 6. The standard InChI is InChI=1S/C17H14Cl2N2O4/c1-22-13-6-3-10(7-15(13)23-2)17-21-20-16(25-17)9-24-14-8-11(18)4-5-12(14)19/h3-8H,9H2,1-2H3. The minimum Gasteiger partial charge on any atom is -0.493 e. The van der Waals surface area contributed by atoms with Gasteiger partial charge in [0, 0.05) is 16.7 Å². The molecule has 0 radical (unpaired) electrons. The molecule has 0 spiro atoms. The van der Waals surface area contributed by atoms with E-state index in [0.717, 1.165) is 0 Å². The molecule has 0 saturated carbocycles. The molecular formula is C17H14Cl2N2O4. The van der Waals surface area contributed by atoms with E-state index >= 15 is 0 Å². The fourth-order valence-corrected chi connectivity index (χ4v) is 2.46. The molecule has 0 amide bonds. The zero-order valence-electron chi connectivity index (χ0n) is 13.5. The first kappa shape index (κ1) is 17.4. The van der Waals surface area contributed by atoms with Crippen molar-refractivity contribution >= 4 is 23.2 Å². The Morgan fingerprint density at radius 1 is 0.920 bits per heavy atom. The molecule has 2 aromatic carbocycles. The lowest BCUT2D eigenvalue weighted by Gasteiger charge is -2.07. The third-order valence-electron chi connectivity index (χ3n) is 3.34. The van der Waals surface area contributed by atoms with Crippen molar-refractivity contribution < 1.29 is 18.6 Å². The van der Waals surface area contributed by atoms with E-state index in [0.29, 0.717) is 44.6 Å². The highest BCUT2D eigenvalue weighted by molar-refractivity contribution is 6.34. The third kappa shape index (κ3) is 3.97. The van der Waals surface area contributed by atoms with E-state index in [-0.39, 0.29) is 6.61 Å². The Kier molecular flexibility index (Phi) is 5.31. The van der Waals surface area contributed by atoms with Crippen LogP contribution in [0.2, 0.25) is 10.0 Å². The minimum atomic E-state index is 0.0698. The van der Waals surface area contributed by atoms with Crippen LogP contribution in [0.3, 0.4) is 0 Å². The highest BCUT2D eigenvalue weighted by Gasteiger charge is 2.13. The van der Waals surface area contributed by atoms with E-state index in [1.807, 2.05) is 0 Å². The summed E-state index contributed by atoms with van der Waals surface area (Å²) < 4.78 is 21.7. The zero-order valence-corrected chi connectivity index (χ0v) is 15.0. The molecule has 1 aromatic heterocycles. The van der Waals surface area contributed by atoms with Gasteiger partial charge in [0.2, 0.25) is 5.89 Å². The van der Waals surface area contributed by atoms with Gasteiger partial charge in [-0.1, -0.05) is 23.2 Å². The van der Waals surface area contributed by atoms with Crippen molar-refractivity contribution in [1.29, 1.82) is 0 Å². The quantitative estimate of drug-likeness (QED) is 0.620. The molecule has 0 atom stereocenters. The first-order valence-corrected chi connectivity index (χ1v) is 7.99. The fraction of sp³-hybridized carbons (Fsp3) is 0.176.